The van der Waals surface area contributed by atoms with Gasteiger partial charge in [0.25, 0.3) is 5.91 Å². The molecule has 3 aromatic rings. The van der Waals surface area contributed by atoms with E-state index in [4.69, 9.17) is 4.74 Å². The van der Waals surface area contributed by atoms with E-state index in [1.165, 1.54) is 12.4 Å². The Morgan fingerprint density at radius 1 is 1.08 bits per heavy atom. The molecular formula is C18H17N5O2. The lowest BCUT2D eigenvalue weighted by molar-refractivity contribution is 0.102. The first-order chi connectivity index (χ1) is 12.3. The predicted molar refractivity (Wildman–Crippen MR) is 94.5 cm³/mol. The van der Waals surface area contributed by atoms with Gasteiger partial charge in [-0.2, -0.15) is 0 Å². The van der Waals surface area contributed by atoms with Gasteiger partial charge in [-0.25, -0.2) is 9.97 Å². The second kappa shape index (κ2) is 7.87. The zero-order chi connectivity index (χ0) is 17.5. The molecule has 0 saturated carbocycles. The number of para-hydroxylation sites is 2. The number of amides is 1. The van der Waals surface area contributed by atoms with Gasteiger partial charge in [-0.15, -0.1) is 0 Å². The summed E-state index contributed by atoms with van der Waals surface area (Å²) in [4.78, 5) is 24.6. The summed E-state index contributed by atoms with van der Waals surface area (Å²) in [7, 11) is 1.55. The lowest BCUT2D eigenvalue weighted by Gasteiger charge is -2.09. The maximum atomic E-state index is 12.3. The predicted octanol–water partition coefficient (Wildman–Crippen LogP) is 2.74. The van der Waals surface area contributed by atoms with E-state index in [1.807, 2.05) is 24.3 Å². The minimum absolute atomic E-state index is 0.223. The van der Waals surface area contributed by atoms with Gasteiger partial charge < -0.3 is 15.4 Å². The van der Waals surface area contributed by atoms with Crippen molar-refractivity contribution in [3.05, 3.63) is 72.4 Å². The molecular weight excluding hydrogens is 318 g/mol. The lowest BCUT2D eigenvalue weighted by Crippen LogP contribution is -2.15. The number of ether oxygens (including phenoxy) is 1. The summed E-state index contributed by atoms with van der Waals surface area (Å²) in [6.45, 7) is 0.601. The fraction of sp³-hybridized carbons (Fsp3) is 0.111. The smallest absolute Gasteiger partial charge is 0.275 e. The highest BCUT2D eigenvalue weighted by Crippen LogP contribution is 2.23. The molecule has 7 nitrogen and oxygen atoms in total. The van der Waals surface area contributed by atoms with E-state index in [-0.39, 0.29) is 11.6 Å². The summed E-state index contributed by atoms with van der Waals surface area (Å²) >= 11 is 0. The van der Waals surface area contributed by atoms with Gasteiger partial charge in [-0.3, -0.25) is 9.78 Å². The number of carbonyl (C=O) groups excluding carboxylic acids is 1. The van der Waals surface area contributed by atoms with Gasteiger partial charge in [0, 0.05) is 18.9 Å². The third kappa shape index (κ3) is 4.29. The van der Waals surface area contributed by atoms with Gasteiger partial charge in [-0.05, 0) is 29.8 Å². The van der Waals surface area contributed by atoms with Crippen LogP contribution in [0.3, 0.4) is 0 Å². The van der Waals surface area contributed by atoms with Crippen molar-refractivity contribution in [2.24, 2.45) is 0 Å². The third-order valence-corrected chi connectivity index (χ3v) is 3.46. The SMILES string of the molecule is COc1ccccc1NC(=O)c1cnc(NCc2ccncc2)cn1. The van der Waals surface area contributed by atoms with Crippen molar-refractivity contribution in [3.8, 4) is 5.75 Å². The van der Waals surface area contributed by atoms with Crippen LogP contribution in [0, 0.1) is 0 Å². The molecule has 25 heavy (non-hydrogen) atoms. The monoisotopic (exact) mass is 335 g/mol. The Bertz CT molecular complexity index is 838. The Morgan fingerprint density at radius 3 is 2.60 bits per heavy atom. The van der Waals surface area contributed by atoms with Gasteiger partial charge in [0.1, 0.15) is 17.3 Å². The molecule has 2 heterocycles. The number of methoxy groups -OCH3 is 1. The van der Waals surface area contributed by atoms with Crippen LogP contribution in [0.2, 0.25) is 0 Å². The number of aromatic nitrogens is 3. The minimum atomic E-state index is -0.349. The molecule has 0 atom stereocenters. The van der Waals surface area contributed by atoms with Gasteiger partial charge in [0.2, 0.25) is 0 Å². The molecule has 0 fully saturated rings. The van der Waals surface area contributed by atoms with Crippen molar-refractivity contribution >= 4 is 17.4 Å². The van der Waals surface area contributed by atoms with Crippen LogP contribution in [0.1, 0.15) is 16.1 Å². The molecule has 1 amide bonds. The molecule has 0 aliphatic rings. The Labute approximate surface area is 145 Å². The fourth-order valence-electron chi connectivity index (χ4n) is 2.16. The van der Waals surface area contributed by atoms with E-state index in [9.17, 15) is 4.79 Å². The van der Waals surface area contributed by atoms with E-state index in [0.29, 0.717) is 23.8 Å². The van der Waals surface area contributed by atoms with E-state index in [0.717, 1.165) is 5.56 Å². The summed E-state index contributed by atoms with van der Waals surface area (Å²) in [6, 6.07) is 11.0. The summed E-state index contributed by atoms with van der Waals surface area (Å²) in [5.74, 6) is 0.822. The van der Waals surface area contributed by atoms with Gasteiger partial charge in [0.05, 0.1) is 25.2 Å². The zero-order valence-corrected chi connectivity index (χ0v) is 13.6. The van der Waals surface area contributed by atoms with Crippen LogP contribution in [0.5, 0.6) is 5.75 Å². The molecule has 0 saturated heterocycles. The number of nitrogens with zero attached hydrogens (tertiary/aromatic N) is 3. The molecule has 0 aliphatic heterocycles. The maximum Gasteiger partial charge on any atom is 0.275 e. The maximum absolute atomic E-state index is 12.3. The van der Waals surface area contributed by atoms with Gasteiger partial charge in [0.15, 0.2) is 0 Å². The summed E-state index contributed by atoms with van der Waals surface area (Å²) < 4.78 is 5.21. The Hall–Kier alpha value is -3.48. The normalized spacial score (nSPS) is 10.1. The molecule has 0 spiro atoms. The third-order valence-electron chi connectivity index (χ3n) is 3.46. The fourth-order valence-corrected chi connectivity index (χ4v) is 2.16. The van der Waals surface area contributed by atoms with Crippen LogP contribution in [0.25, 0.3) is 0 Å². The number of pyridine rings is 1. The van der Waals surface area contributed by atoms with E-state index in [2.05, 4.69) is 25.6 Å². The highest BCUT2D eigenvalue weighted by molar-refractivity contribution is 6.03. The number of rotatable bonds is 6. The van der Waals surface area contributed by atoms with Crippen LogP contribution < -0.4 is 15.4 Å². The highest BCUT2D eigenvalue weighted by Gasteiger charge is 2.11. The van der Waals surface area contributed by atoms with Crippen LogP contribution in [0.15, 0.2) is 61.2 Å². The largest absolute Gasteiger partial charge is 0.495 e. The molecule has 2 N–H and O–H groups in total. The van der Waals surface area contributed by atoms with Crippen LogP contribution >= 0.6 is 0 Å². The van der Waals surface area contributed by atoms with Crippen LogP contribution in [0.4, 0.5) is 11.5 Å². The molecule has 0 radical (unpaired) electrons. The van der Waals surface area contributed by atoms with Crippen molar-refractivity contribution in [1.82, 2.24) is 15.0 Å². The Kier molecular flexibility index (Phi) is 5.16. The molecule has 126 valence electrons. The van der Waals surface area contributed by atoms with Crippen LogP contribution in [-0.2, 0) is 6.54 Å². The van der Waals surface area contributed by atoms with E-state index < -0.39 is 0 Å². The number of nitrogens with one attached hydrogen (secondary N) is 2. The number of hydrogen-bond donors (Lipinski definition) is 2. The number of benzene rings is 1. The van der Waals surface area contributed by atoms with E-state index in [1.54, 1.807) is 31.6 Å². The van der Waals surface area contributed by atoms with Crippen molar-refractivity contribution < 1.29 is 9.53 Å². The first-order valence-electron chi connectivity index (χ1n) is 7.65. The van der Waals surface area contributed by atoms with Crippen molar-refractivity contribution in [3.63, 3.8) is 0 Å². The summed E-state index contributed by atoms with van der Waals surface area (Å²) in [5.41, 5.74) is 1.88. The minimum Gasteiger partial charge on any atom is -0.495 e. The quantitative estimate of drug-likeness (QED) is 0.720. The average Bonchev–Trinajstić information content (AvgIpc) is 2.68. The van der Waals surface area contributed by atoms with Crippen LogP contribution in [-0.4, -0.2) is 28.0 Å². The highest BCUT2D eigenvalue weighted by atomic mass is 16.5. The standard InChI is InChI=1S/C18H17N5O2/c1-25-16-5-3-2-4-14(16)23-18(24)15-11-22-17(12-20-15)21-10-13-6-8-19-9-7-13/h2-9,11-12H,10H2,1H3,(H,21,22)(H,23,24). The summed E-state index contributed by atoms with van der Waals surface area (Å²) in [5, 5.41) is 5.90. The molecule has 3 rings (SSSR count). The Balaban J connectivity index is 1.62. The first kappa shape index (κ1) is 16.4. The van der Waals surface area contributed by atoms with Gasteiger partial charge >= 0.3 is 0 Å². The topological polar surface area (TPSA) is 89.0 Å². The second-order valence-corrected chi connectivity index (χ2v) is 5.15. The molecule has 0 bridgehead atoms. The first-order valence-corrected chi connectivity index (χ1v) is 7.65. The second-order valence-electron chi connectivity index (χ2n) is 5.15. The molecule has 1 aromatic carbocycles. The number of anilines is 2. The van der Waals surface area contributed by atoms with Gasteiger partial charge in [-0.1, -0.05) is 12.1 Å². The number of carbonyl (C=O) groups is 1. The average molecular weight is 335 g/mol. The zero-order valence-electron chi connectivity index (χ0n) is 13.6. The molecule has 0 aliphatic carbocycles. The molecule has 2 aromatic heterocycles. The van der Waals surface area contributed by atoms with E-state index >= 15 is 0 Å². The number of hydrogen-bond acceptors (Lipinski definition) is 6. The van der Waals surface area contributed by atoms with Crippen molar-refractivity contribution in [2.45, 2.75) is 6.54 Å². The molecule has 0 unspecified atom stereocenters. The van der Waals surface area contributed by atoms with Crippen molar-refractivity contribution in [2.75, 3.05) is 17.7 Å². The Morgan fingerprint density at radius 2 is 1.88 bits per heavy atom. The summed E-state index contributed by atoms with van der Waals surface area (Å²) in [6.07, 6.45) is 6.42. The van der Waals surface area contributed by atoms with Crippen molar-refractivity contribution in [1.29, 1.82) is 0 Å². The lowest BCUT2D eigenvalue weighted by atomic mass is 10.2. The molecule has 7 heteroatoms.